The molecule has 2 fully saturated rings. The number of morpholine rings is 1. The van der Waals surface area contributed by atoms with Crippen LogP contribution in [-0.4, -0.2) is 82.6 Å². The summed E-state index contributed by atoms with van der Waals surface area (Å²) in [5.41, 5.74) is 0.208. The molecule has 6 rings (SSSR count). The number of aliphatic imine (C=N–C) groups is 1. The number of hydrogen-bond donors (Lipinski definition) is 0. The molecule has 5 aliphatic rings. The van der Waals surface area contributed by atoms with E-state index < -0.39 is 11.7 Å². The third-order valence-electron chi connectivity index (χ3n) is 7.71. The summed E-state index contributed by atoms with van der Waals surface area (Å²) in [6.07, 6.45) is 5.28. The summed E-state index contributed by atoms with van der Waals surface area (Å²) in [7, 11) is 0. The first-order valence-corrected chi connectivity index (χ1v) is 14.5. The maximum Gasteiger partial charge on any atom is 0.416 e. The van der Waals surface area contributed by atoms with Crippen molar-refractivity contribution in [2.45, 2.75) is 50.9 Å². The standard InChI is InChI=1S/C28H29ClF3N5O2S/c1-16-11-35(12-17(2)39-16)22-14-36(15-22)27-34-26(38)25(40-27)8-18-3-6-24-20(7-18)10-33-37(24)13-19-4-5-21(29)9-23(19)28(30,31)32/h3-10,16-17,20,22,24H,11-15H2,1-2H3/b25-8-/t16-,17+,20?,24?. The van der Waals surface area contributed by atoms with Crippen LogP contribution in [0.3, 0.4) is 0 Å². The highest BCUT2D eigenvalue weighted by atomic mass is 35.5. The van der Waals surface area contributed by atoms with E-state index in [9.17, 15) is 18.0 Å². The molecule has 0 radical (unpaired) electrons. The molecule has 4 heterocycles. The summed E-state index contributed by atoms with van der Waals surface area (Å²) in [5, 5.41) is 6.81. The van der Waals surface area contributed by atoms with Crippen molar-refractivity contribution in [3.63, 3.8) is 0 Å². The van der Waals surface area contributed by atoms with E-state index in [1.807, 2.05) is 24.3 Å². The van der Waals surface area contributed by atoms with Gasteiger partial charge in [-0.15, -0.1) is 0 Å². The number of thioether (sulfide) groups is 1. The Bertz CT molecular complexity index is 1340. The summed E-state index contributed by atoms with van der Waals surface area (Å²) in [6, 6.07) is 4.04. The van der Waals surface area contributed by atoms with Crippen molar-refractivity contribution in [2.75, 3.05) is 26.2 Å². The summed E-state index contributed by atoms with van der Waals surface area (Å²) < 4.78 is 46.5. The van der Waals surface area contributed by atoms with E-state index in [-0.39, 0.29) is 47.2 Å². The topological polar surface area (TPSA) is 60.7 Å². The number of hydrazone groups is 1. The summed E-state index contributed by atoms with van der Waals surface area (Å²) >= 11 is 7.21. The normalized spacial score (nSPS) is 30.1. The van der Waals surface area contributed by atoms with Crippen LogP contribution in [0.25, 0.3) is 0 Å². The maximum atomic E-state index is 13.6. The third kappa shape index (κ3) is 5.61. The second-order valence-corrected chi connectivity index (χ2v) is 12.3. The molecular weight excluding hydrogens is 563 g/mol. The van der Waals surface area contributed by atoms with Gasteiger partial charge in [0, 0.05) is 49.4 Å². The van der Waals surface area contributed by atoms with Crippen LogP contribution in [-0.2, 0) is 22.3 Å². The van der Waals surface area contributed by atoms with E-state index in [0.29, 0.717) is 10.9 Å². The van der Waals surface area contributed by atoms with Crippen LogP contribution in [0.15, 0.2) is 63.1 Å². The lowest BCUT2D eigenvalue weighted by Gasteiger charge is -2.49. The second kappa shape index (κ2) is 10.7. The largest absolute Gasteiger partial charge is 0.416 e. The minimum absolute atomic E-state index is 0.00290. The van der Waals surface area contributed by atoms with Crippen molar-refractivity contribution >= 4 is 40.7 Å². The highest BCUT2D eigenvalue weighted by Gasteiger charge is 2.40. The Labute approximate surface area is 240 Å². The molecule has 4 aliphatic heterocycles. The van der Waals surface area contributed by atoms with Crippen molar-refractivity contribution in [3.05, 3.63) is 69.1 Å². The summed E-state index contributed by atoms with van der Waals surface area (Å²) in [4.78, 5) is 22.1. The Morgan fingerprint density at radius 1 is 1.18 bits per heavy atom. The summed E-state index contributed by atoms with van der Waals surface area (Å²) in [6.45, 7) is 7.71. The van der Waals surface area contributed by atoms with Gasteiger partial charge in [0.25, 0.3) is 5.91 Å². The number of benzene rings is 1. The molecule has 7 nitrogen and oxygen atoms in total. The maximum absolute atomic E-state index is 13.6. The number of amidine groups is 1. The van der Waals surface area contributed by atoms with Gasteiger partial charge < -0.3 is 9.64 Å². The molecule has 0 N–H and O–H groups in total. The quantitative estimate of drug-likeness (QED) is 0.462. The fraction of sp³-hybridized carbons (Fsp3) is 0.464. The number of likely N-dealkylation sites (tertiary alicyclic amines) is 1. The molecule has 40 heavy (non-hydrogen) atoms. The number of nitrogens with zero attached hydrogens (tertiary/aromatic N) is 5. The van der Waals surface area contributed by atoms with Crippen molar-refractivity contribution in [3.8, 4) is 0 Å². The fourth-order valence-corrected chi connectivity index (χ4v) is 6.90. The number of amides is 1. The molecular formula is C28H29ClF3N5O2S. The Morgan fingerprint density at radius 2 is 1.93 bits per heavy atom. The van der Waals surface area contributed by atoms with Gasteiger partial charge in [-0.3, -0.25) is 14.7 Å². The molecule has 1 aromatic rings. The number of carbonyl (C=O) groups is 1. The molecule has 1 aromatic carbocycles. The van der Waals surface area contributed by atoms with Crippen molar-refractivity contribution in [1.82, 2.24) is 14.8 Å². The van der Waals surface area contributed by atoms with Gasteiger partial charge in [0.2, 0.25) is 0 Å². The van der Waals surface area contributed by atoms with E-state index in [4.69, 9.17) is 16.3 Å². The molecule has 0 saturated carbocycles. The van der Waals surface area contributed by atoms with Crippen LogP contribution in [0.1, 0.15) is 25.0 Å². The predicted molar refractivity (Wildman–Crippen MR) is 150 cm³/mol. The van der Waals surface area contributed by atoms with Crippen molar-refractivity contribution in [1.29, 1.82) is 0 Å². The van der Waals surface area contributed by atoms with Crippen LogP contribution in [0.4, 0.5) is 13.2 Å². The van der Waals surface area contributed by atoms with E-state index in [2.05, 4.69) is 33.7 Å². The first-order valence-electron chi connectivity index (χ1n) is 13.3. The number of fused-ring (bicyclic) bond motifs is 1. The van der Waals surface area contributed by atoms with Gasteiger partial charge >= 0.3 is 6.18 Å². The molecule has 12 heteroatoms. The Morgan fingerprint density at radius 3 is 2.65 bits per heavy atom. The number of alkyl halides is 3. The average molecular weight is 592 g/mol. The van der Waals surface area contributed by atoms with Crippen molar-refractivity contribution in [2.24, 2.45) is 16.0 Å². The minimum Gasteiger partial charge on any atom is -0.373 e. The molecule has 0 aromatic heterocycles. The van der Waals surface area contributed by atoms with E-state index in [1.54, 1.807) is 11.2 Å². The number of halogens is 4. The van der Waals surface area contributed by atoms with E-state index in [0.717, 1.165) is 43.0 Å². The molecule has 2 saturated heterocycles. The molecule has 212 valence electrons. The van der Waals surface area contributed by atoms with Crippen LogP contribution < -0.4 is 0 Å². The summed E-state index contributed by atoms with van der Waals surface area (Å²) in [5.74, 6) is -0.368. The molecule has 4 atom stereocenters. The minimum atomic E-state index is -4.51. The number of allylic oxidation sites excluding steroid dienone is 3. The monoisotopic (exact) mass is 591 g/mol. The van der Waals surface area contributed by atoms with Gasteiger partial charge in [-0.2, -0.15) is 23.3 Å². The number of rotatable bonds is 4. The number of hydrogen-bond acceptors (Lipinski definition) is 7. The van der Waals surface area contributed by atoms with E-state index in [1.165, 1.54) is 23.9 Å². The Hall–Kier alpha value is -2.60. The first-order chi connectivity index (χ1) is 19.0. The third-order valence-corrected chi connectivity index (χ3v) is 8.99. The van der Waals surface area contributed by atoms with Crippen LogP contribution in [0, 0.1) is 5.92 Å². The lowest BCUT2D eigenvalue weighted by atomic mass is 9.92. The van der Waals surface area contributed by atoms with Gasteiger partial charge in [-0.1, -0.05) is 35.9 Å². The smallest absolute Gasteiger partial charge is 0.373 e. The molecule has 0 bridgehead atoms. The SMILES string of the molecule is C[C@@H]1CN(C2CN(C3=NC(=O)/C(=C/C4=CC5C=NN(Cc6ccc(Cl)cc6C(F)(F)F)C5C=C4)S3)C2)C[C@H](C)O1. The van der Waals surface area contributed by atoms with Crippen molar-refractivity contribution < 1.29 is 22.7 Å². The zero-order chi connectivity index (χ0) is 28.2. The van der Waals surface area contributed by atoms with E-state index >= 15 is 0 Å². The molecule has 2 unspecified atom stereocenters. The predicted octanol–water partition coefficient (Wildman–Crippen LogP) is 4.95. The lowest BCUT2D eigenvalue weighted by Crippen LogP contribution is -2.64. The first kappa shape index (κ1) is 27.6. The van der Waals surface area contributed by atoms with Crippen LogP contribution in [0.5, 0.6) is 0 Å². The molecule has 1 amide bonds. The highest BCUT2D eigenvalue weighted by molar-refractivity contribution is 8.18. The number of ether oxygens (including phenoxy) is 1. The van der Waals surface area contributed by atoms with Crippen LogP contribution in [0.2, 0.25) is 5.02 Å². The second-order valence-electron chi connectivity index (χ2n) is 10.8. The Kier molecular flexibility index (Phi) is 7.35. The van der Waals surface area contributed by atoms with Gasteiger partial charge in [0.05, 0.1) is 35.3 Å². The fourth-order valence-electron chi connectivity index (χ4n) is 5.79. The van der Waals surface area contributed by atoms with Gasteiger partial charge in [0.1, 0.15) is 0 Å². The number of carbonyl (C=O) groups excluding carboxylic acids is 1. The molecule has 0 spiro atoms. The van der Waals surface area contributed by atoms with Gasteiger partial charge in [-0.25, -0.2) is 0 Å². The average Bonchev–Trinajstić information content (AvgIpc) is 3.40. The molecule has 1 aliphatic carbocycles. The van der Waals surface area contributed by atoms with Gasteiger partial charge in [-0.05, 0) is 55.0 Å². The zero-order valence-corrected chi connectivity index (χ0v) is 23.6. The van der Waals surface area contributed by atoms with Gasteiger partial charge in [0.15, 0.2) is 5.17 Å². The zero-order valence-electron chi connectivity index (χ0n) is 22.0. The van der Waals surface area contributed by atoms with Crippen LogP contribution >= 0.6 is 23.4 Å². The highest BCUT2D eigenvalue weighted by Crippen LogP contribution is 2.37. The lowest BCUT2D eigenvalue weighted by molar-refractivity contribution is -0.138. The Balaban J connectivity index is 1.06.